The Kier molecular flexibility index (Phi) is 5.15. The maximum atomic E-state index is 11.9. The van der Waals surface area contributed by atoms with Gasteiger partial charge in [-0.05, 0) is 0 Å². The minimum atomic E-state index is -1.09. The summed E-state index contributed by atoms with van der Waals surface area (Å²) in [5.41, 5.74) is 0. The van der Waals surface area contributed by atoms with E-state index in [0.717, 1.165) is 0 Å². The highest BCUT2D eigenvalue weighted by Crippen LogP contribution is 2.34. The molecule has 0 spiro atoms. The average Bonchev–Trinajstić information content (AvgIpc) is 3.07. The molecule has 2 N–H and O–H groups in total. The van der Waals surface area contributed by atoms with Gasteiger partial charge < -0.3 is 14.9 Å². The third-order valence-corrected chi connectivity index (χ3v) is 5.98. The molecular weight excluding hydrogens is 320 g/mol. The first-order chi connectivity index (χ1) is 9.91. The molecule has 2 saturated heterocycles. The number of ether oxygens (including phenoxy) is 1. The summed E-state index contributed by atoms with van der Waals surface area (Å²) >= 11 is 2.64. The average molecular weight is 334 g/mol. The summed E-state index contributed by atoms with van der Waals surface area (Å²) < 4.78 is 4.75. The number of carboxylic acids is 2. The van der Waals surface area contributed by atoms with E-state index >= 15 is 0 Å². The first kappa shape index (κ1) is 16.2. The number of carboxylic acid groups (broad SMARTS) is 2. The van der Waals surface area contributed by atoms with Gasteiger partial charge in [-0.1, -0.05) is 0 Å². The SMILES string of the molecule is O=C(O)C1CSCC1C(=O)OC(=O)C1CSCC1C(=O)O. The first-order valence-corrected chi connectivity index (χ1v) is 8.59. The number of aliphatic carboxylic acids is 2. The van der Waals surface area contributed by atoms with E-state index in [0.29, 0.717) is 23.0 Å². The van der Waals surface area contributed by atoms with Crippen LogP contribution in [0.15, 0.2) is 0 Å². The Hall–Kier alpha value is -1.22. The second kappa shape index (κ2) is 6.69. The van der Waals surface area contributed by atoms with Crippen molar-refractivity contribution in [1.29, 1.82) is 0 Å². The highest BCUT2D eigenvalue weighted by molar-refractivity contribution is 7.99. The van der Waals surface area contributed by atoms with Crippen molar-refractivity contribution in [2.24, 2.45) is 23.7 Å². The van der Waals surface area contributed by atoms with Crippen molar-refractivity contribution in [3.05, 3.63) is 0 Å². The molecule has 21 heavy (non-hydrogen) atoms. The summed E-state index contributed by atoms with van der Waals surface area (Å²) in [7, 11) is 0. The van der Waals surface area contributed by atoms with Crippen molar-refractivity contribution in [1.82, 2.24) is 0 Å². The molecule has 2 fully saturated rings. The van der Waals surface area contributed by atoms with Crippen LogP contribution in [-0.2, 0) is 23.9 Å². The van der Waals surface area contributed by atoms with Gasteiger partial charge in [-0.2, -0.15) is 23.5 Å². The van der Waals surface area contributed by atoms with Crippen LogP contribution in [0.2, 0.25) is 0 Å². The van der Waals surface area contributed by atoms with Crippen molar-refractivity contribution in [2.75, 3.05) is 23.0 Å². The highest BCUT2D eigenvalue weighted by atomic mass is 32.2. The predicted molar refractivity (Wildman–Crippen MR) is 75.0 cm³/mol. The fourth-order valence-electron chi connectivity index (χ4n) is 2.31. The van der Waals surface area contributed by atoms with E-state index in [2.05, 4.69) is 0 Å². The number of esters is 2. The van der Waals surface area contributed by atoms with Crippen molar-refractivity contribution in [2.45, 2.75) is 0 Å². The standard InChI is InChI=1S/C12H14O7S2/c13-9(14)5-1-20-3-7(5)11(17)19-12(18)8-4-21-2-6(8)10(15)16/h5-8H,1-4H2,(H,13,14)(H,15,16). The zero-order valence-corrected chi connectivity index (χ0v) is 12.5. The van der Waals surface area contributed by atoms with E-state index in [4.69, 9.17) is 14.9 Å². The largest absolute Gasteiger partial charge is 0.481 e. The molecule has 2 heterocycles. The Morgan fingerprint density at radius 3 is 1.38 bits per heavy atom. The van der Waals surface area contributed by atoms with E-state index in [1.54, 1.807) is 0 Å². The van der Waals surface area contributed by atoms with Crippen molar-refractivity contribution in [3.8, 4) is 0 Å². The topological polar surface area (TPSA) is 118 Å². The van der Waals surface area contributed by atoms with Crippen molar-refractivity contribution >= 4 is 47.4 Å². The van der Waals surface area contributed by atoms with Crippen LogP contribution >= 0.6 is 23.5 Å². The second-order valence-electron chi connectivity index (χ2n) is 4.92. The molecule has 4 atom stereocenters. The van der Waals surface area contributed by atoms with Crippen molar-refractivity contribution in [3.63, 3.8) is 0 Å². The molecule has 2 rings (SSSR count). The van der Waals surface area contributed by atoms with Gasteiger partial charge in [0.15, 0.2) is 0 Å². The van der Waals surface area contributed by atoms with E-state index in [1.165, 1.54) is 23.5 Å². The van der Waals surface area contributed by atoms with Crippen LogP contribution in [0.25, 0.3) is 0 Å². The molecule has 0 aromatic carbocycles. The molecule has 116 valence electrons. The smallest absolute Gasteiger partial charge is 0.318 e. The third kappa shape index (κ3) is 3.52. The van der Waals surface area contributed by atoms with Crippen LogP contribution in [0.3, 0.4) is 0 Å². The lowest BCUT2D eigenvalue weighted by atomic mass is 9.95. The van der Waals surface area contributed by atoms with E-state index < -0.39 is 47.5 Å². The van der Waals surface area contributed by atoms with Crippen LogP contribution in [0, 0.1) is 23.7 Å². The van der Waals surface area contributed by atoms with Crippen LogP contribution in [0.4, 0.5) is 0 Å². The minimum Gasteiger partial charge on any atom is -0.481 e. The second-order valence-corrected chi connectivity index (χ2v) is 7.07. The first-order valence-electron chi connectivity index (χ1n) is 6.28. The van der Waals surface area contributed by atoms with Gasteiger partial charge in [0.1, 0.15) is 0 Å². The number of carbonyl (C=O) groups excluding carboxylic acids is 2. The molecule has 0 radical (unpaired) electrons. The Morgan fingerprint density at radius 1 is 0.714 bits per heavy atom. The van der Waals surface area contributed by atoms with Gasteiger partial charge in [0.05, 0.1) is 23.7 Å². The Bertz CT molecular complexity index is 436. The molecule has 2 aliphatic heterocycles. The quantitative estimate of drug-likeness (QED) is 0.548. The van der Waals surface area contributed by atoms with E-state index in [1.807, 2.05) is 0 Å². The molecule has 7 nitrogen and oxygen atoms in total. The summed E-state index contributed by atoms with van der Waals surface area (Å²) in [5.74, 6) is -6.12. The van der Waals surface area contributed by atoms with E-state index in [9.17, 15) is 19.2 Å². The van der Waals surface area contributed by atoms with Crippen LogP contribution in [0.5, 0.6) is 0 Å². The highest BCUT2D eigenvalue weighted by Gasteiger charge is 2.44. The normalized spacial score (nSPS) is 31.8. The molecule has 0 aliphatic carbocycles. The fourth-order valence-corrected chi connectivity index (χ4v) is 5.08. The van der Waals surface area contributed by atoms with Gasteiger partial charge in [-0.3, -0.25) is 19.2 Å². The molecule has 0 aromatic heterocycles. The molecule has 0 bridgehead atoms. The predicted octanol–water partition coefficient (Wildman–Crippen LogP) is 0.184. The minimum absolute atomic E-state index is 0.296. The Morgan fingerprint density at radius 2 is 1.05 bits per heavy atom. The lowest BCUT2D eigenvalue weighted by Gasteiger charge is -2.16. The molecule has 9 heteroatoms. The number of thioether (sulfide) groups is 2. The zero-order chi connectivity index (χ0) is 15.6. The van der Waals surface area contributed by atoms with Crippen molar-refractivity contribution < 1.29 is 34.1 Å². The van der Waals surface area contributed by atoms with Gasteiger partial charge in [0, 0.05) is 23.0 Å². The van der Waals surface area contributed by atoms with Crippen LogP contribution < -0.4 is 0 Å². The monoisotopic (exact) mass is 334 g/mol. The number of hydrogen-bond acceptors (Lipinski definition) is 7. The lowest BCUT2D eigenvalue weighted by Crippen LogP contribution is -2.35. The summed E-state index contributed by atoms with van der Waals surface area (Å²) in [6, 6.07) is 0. The number of hydrogen-bond donors (Lipinski definition) is 2. The lowest BCUT2D eigenvalue weighted by molar-refractivity contribution is -0.170. The number of rotatable bonds is 4. The summed E-state index contributed by atoms with van der Waals surface area (Å²) in [5, 5.41) is 18.0. The van der Waals surface area contributed by atoms with Gasteiger partial charge >= 0.3 is 23.9 Å². The van der Waals surface area contributed by atoms with Crippen LogP contribution in [-0.4, -0.2) is 57.1 Å². The van der Waals surface area contributed by atoms with Gasteiger partial charge in [0.2, 0.25) is 0 Å². The molecule has 0 saturated carbocycles. The van der Waals surface area contributed by atoms with Gasteiger partial charge in [-0.15, -0.1) is 0 Å². The summed E-state index contributed by atoms with van der Waals surface area (Å²) in [4.78, 5) is 45.9. The Balaban J connectivity index is 1.97. The maximum absolute atomic E-state index is 11.9. The fraction of sp³-hybridized carbons (Fsp3) is 0.667. The molecule has 2 aliphatic rings. The molecule has 0 aromatic rings. The number of carbonyl (C=O) groups is 4. The third-order valence-electron chi connectivity index (χ3n) is 3.60. The zero-order valence-electron chi connectivity index (χ0n) is 10.9. The summed E-state index contributed by atoms with van der Waals surface area (Å²) in [6.07, 6.45) is 0. The van der Waals surface area contributed by atoms with E-state index in [-0.39, 0.29) is 0 Å². The molecular formula is C12H14O7S2. The molecule has 0 amide bonds. The summed E-state index contributed by atoms with van der Waals surface area (Å²) in [6.45, 7) is 0. The van der Waals surface area contributed by atoms with Gasteiger partial charge in [-0.25, -0.2) is 0 Å². The molecule has 4 unspecified atom stereocenters. The maximum Gasteiger partial charge on any atom is 0.318 e. The van der Waals surface area contributed by atoms with Crippen LogP contribution in [0.1, 0.15) is 0 Å². The van der Waals surface area contributed by atoms with Gasteiger partial charge in [0.25, 0.3) is 0 Å². The Labute approximate surface area is 128 Å².